The van der Waals surface area contributed by atoms with Crippen LogP contribution in [0.5, 0.6) is 0 Å². The molecule has 1 aromatic rings. The number of aromatic nitrogens is 2. The van der Waals surface area contributed by atoms with Crippen molar-refractivity contribution >= 4 is 9.84 Å². The SMILES string of the molecule is CNC1CCOCC1n1cc(S(C)(=O)=O)cn1. The maximum atomic E-state index is 11.4. The fraction of sp³-hybridized carbons (Fsp3) is 0.700. The van der Waals surface area contributed by atoms with Gasteiger partial charge in [0.05, 0.1) is 18.8 Å². The van der Waals surface area contributed by atoms with Crippen LogP contribution in [0.4, 0.5) is 0 Å². The standard InChI is InChI=1S/C10H17N3O3S/c1-11-9-3-4-16-7-10(9)13-6-8(5-12-13)17(2,14)15/h5-6,9-11H,3-4,7H2,1-2H3. The van der Waals surface area contributed by atoms with Crippen LogP contribution in [0.25, 0.3) is 0 Å². The van der Waals surface area contributed by atoms with Crippen LogP contribution in [0, 0.1) is 0 Å². The molecule has 1 aromatic heterocycles. The summed E-state index contributed by atoms with van der Waals surface area (Å²) in [5.41, 5.74) is 0. The Morgan fingerprint density at radius 2 is 2.35 bits per heavy atom. The first-order valence-corrected chi connectivity index (χ1v) is 7.40. The molecule has 0 saturated carbocycles. The van der Waals surface area contributed by atoms with Crippen molar-refractivity contribution in [3.05, 3.63) is 12.4 Å². The van der Waals surface area contributed by atoms with Gasteiger partial charge in [-0.3, -0.25) is 4.68 Å². The molecule has 0 spiro atoms. The Hall–Kier alpha value is -0.920. The van der Waals surface area contributed by atoms with E-state index < -0.39 is 9.84 Å². The van der Waals surface area contributed by atoms with E-state index in [1.807, 2.05) is 7.05 Å². The zero-order valence-electron chi connectivity index (χ0n) is 9.96. The third kappa shape index (κ3) is 2.67. The molecule has 1 saturated heterocycles. The number of hydrogen-bond acceptors (Lipinski definition) is 5. The van der Waals surface area contributed by atoms with Gasteiger partial charge in [-0.15, -0.1) is 0 Å². The van der Waals surface area contributed by atoms with Gasteiger partial charge < -0.3 is 10.1 Å². The zero-order valence-corrected chi connectivity index (χ0v) is 10.8. The molecule has 1 fully saturated rings. The molecule has 2 heterocycles. The lowest BCUT2D eigenvalue weighted by atomic mass is 10.0. The lowest BCUT2D eigenvalue weighted by molar-refractivity contribution is 0.0346. The van der Waals surface area contributed by atoms with Crippen LogP contribution in [0.15, 0.2) is 17.3 Å². The highest BCUT2D eigenvalue weighted by molar-refractivity contribution is 7.90. The number of ether oxygens (including phenoxy) is 1. The molecule has 1 N–H and O–H groups in total. The van der Waals surface area contributed by atoms with E-state index in [4.69, 9.17) is 4.74 Å². The highest BCUT2D eigenvalue weighted by Crippen LogP contribution is 2.20. The van der Waals surface area contributed by atoms with Gasteiger partial charge in [-0.25, -0.2) is 8.42 Å². The molecule has 1 aliphatic heterocycles. The Labute approximate surface area is 101 Å². The Morgan fingerprint density at radius 3 is 2.94 bits per heavy atom. The number of likely N-dealkylation sites (N-methyl/N-ethyl adjacent to an activating group) is 1. The second-order valence-electron chi connectivity index (χ2n) is 4.25. The highest BCUT2D eigenvalue weighted by atomic mass is 32.2. The van der Waals surface area contributed by atoms with Crippen molar-refractivity contribution < 1.29 is 13.2 Å². The van der Waals surface area contributed by atoms with E-state index in [2.05, 4.69) is 10.4 Å². The quantitative estimate of drug-likeness (QED) is 0.816. The molecule has 96 valence electrons. The minimum Gasteiger partial charge on any atom is -0.379 e. The van der Waals surface area contributed by atoms with E-state index in [-0.39, 0.29) is 17.0 Å². The monoisotopic (exact) mass is 259 g/mol. The summed E-state index contributed by atoms with van der Waals surface area (Å²) in [6.07, 6.45) is 5.03. The smallest absolute Gasteiger partial charge is 0.178 e. The summed E-state index contributed by atoms with van der Waals surface area (Å²) in [4.78, 5) is 0.248. The molecule has 0 radical (unpaired) electrons. The molecule has 0 aromatic carbocycles. The first-order chi connectivity index (χ1) is 8.02. The topological polar surface area (TPSA) is 73.2 Å². The van der Waals surface area contributed by atoms with Crippen molar-refractivity contribution in [1.29, 1.82) is 0 Å². The Kier molecular flexibility index (Phi) is 3.50. The Balaban J connectivity index is 2.24. The molecular formula is C10H17N3O3S. The van der Waals surface area contributed by atoms with Gasteiger partial charge in [0.15, 0.2) is 9.84 Å². The molecule has 17 heavy (non-hydrogen) atoms. The lowest BCUT2D eigenvalue weighted by Crippen LogP contribution is -2.42. The van der Waals surface area contributed by atoms with Crippen LogP contribution >= 0.6 is 0 Å². The normalized spacial score (nSPS) is 26.0. The predicted octanol–water partition coefficient (Wildman–Crippen LogP) is -0.164. The molecule has 0 aliphatic carbocycles. The maximum Gasteiger partial charge on any atom is 0.178 e. The van der Waals surface area contributed by atoms with Crippen LogP contribution in [-0.2, 0) is 14.6 Å². The number of sulfone groups is 1. The molecule has 2 unspecified atom stereocenters. The Morgan fingerprint density at radius 1 is 1.59 bits per heavy atom. The summed E-state index contributed by atoms with van der Waals surface area (Å²) in [6, 6.07) is 0.306. The second-order valence-corrected chi connectivity index (χ2v) is 6.27. The molecule has 2 rings (SSSR count). The van der Waals surface area contributed by atoms with E-state index in [0.29, 0.717) is 6.61 Å². The van der Waals surface area contributed by atoms with Crippen molar-refractivity contribution in [3.63, 3.8) is 0 Å². The predicted molar refractivity (Wildman–Crippen MR) is 62.7 cm³/mol. The summed E-state index contributed by atoms with van der Waals surface area (Å²) < 4.78 is 29.9. The van der Waals surface area contributed by atoms with Gasteiger partial charge in [0.2, 0.25) is 0 Å². The first-order valence-electron chi connectivity index (χ1n) is 5.51. The minimum absolute atomic E-state index is 0.0456. The van der Waals surface area contributed by atoms with Crippen LogP contribution in [-0.4, -0.2) is 50.8 Å². The number of nitrogens with zero attached hydrogens (tertiary/aromatic N) is 2. The van der Waals surface area contributed by atoms with Crippen molar-refractivity contribution in [2.45, 2.75) is 23.4 Å². The summed E-state index contributed by atoms with van der Waals surface area (Å²) in [5, 5.41) is 7.33. The summed E-state index contributed by atoms with van der Waals surface area (Å²) in [7, 11) is -1.30. The van der Waals surface area contributed by atoms with Gasteiger partial charge in [-0.1, -0.05) is 0 Å². The number of rotatable bonds is 3. The van der Waals surface area contributed by atoms with Crippen molar-refractivity contribution in [2.24, 2.45) is 0 Å². The second kappa shape index (κ2) is 4.75. The summed E-state index contributed by atoms with van der Waals surface area (Å²) in [5.74, 6) is 0. The van der Waals surface area contributed by atoms with E-state index in [9.17, 15) is 8.42 Å². The average Bonchev–Trinajstić information content (AvgIpc) is 2.77. The molecule has 0 bridgehead atoms. The largest absolute Gasteiger partial charge is 0.379 e. The molecular weight excluding hydrogens is 242 g/mol. The van der Waals surface area contributed by atoms with Gasteiger partial charge in [-0.2, -0.15) is 5.10 Å². The summed E-state index contributed by atoms with van der Waals surface area (Å²) >= 11 is 0. The molecule has 6 nitrogen and oxygen atoms in total. The van der Waals surface area contributed by atoms with Gasteiger partial charge in [0, 0.05) is 25.1 Å². The van der Waals surface area contributed by atoms with E-state index in [1.165, 1.54) is 12.5 Å². The van der Waals surface area contributed by atoms with E-state index in [1.54, 1.807) is 10.9 Å². The maximum absolute atomic E-state index is 11.4. The Bertz CT molecular complexity index is 483. The van der Waals surface area contributed by atoms with Crippen molar-refractivity contribution in [3.8, 4) is 0 Å². The average molecular weight is 259 g/mol. The fourth-order valence-corrected chi connectivity index (χ4v) is 2.55. The van der Waals surface area contributed by atoms with Crippen molar-refractivity contribution in [2.75, 3.05) is 26.5 Å². The zero-order chi connectivity index (χ0) is 12.5. The third-order valence-corrected chi connectivity index (χ3v) is 4.11. The van der Waals surface area contributed by atoms with Gasteiger partial charge >= 0.3 is 0 Å². The van der Waals surface area contributed by atoms with Crippen LogP contribution < -0.4 is 5.32 Å². The molecule has 1 aliphatic rings. The molecule has 0 amide bonds. The van der Waals surface area contributed by atoms with Gasteiger partial charge in [0.25, 0.3) is 0 Å². The van der Waals surface area contributed by atoms with Crippen molar-refractivity contribution in [1.82, 2.24) is 15.1 Å². The molecule has 2 atom stereocenters. The van der Waals surface area contributed by atoms with Gasteiger partial charge in [-0.05, 0) is 13.5 Å². The van der Waals surface area contributed by atoms with Crippen LogP contribution in [0.1, 0.15) is 12.5 Å². The minimum atomic E-state index is -3.19. The van der Waals surface area contributed by atoms with Crippen LogP contribution in [0.2, 0.25) is 0 Å². The third-order valence-electron chi connectivity index (χ3n) is 3.04. The summed E-state index contributed by atoms with van der Waals surface area (Å²) in [6.45, 7) is 1.28. The van der Waals surface area contributed by atoms with Crippen LogP contribution in [0.3, 0.4) is 0 Å². The highest BCUT2D eigenvalue weighted by Gasteiger charge is 2.27. The van der Waals surface area contributed by atoms with E-state index in [0.717, 1.165) is 13.0 Å². The van der Waals surface area contributed by atoms with Gasteiger partial charge in [0.1, 0.15) is 4.90 Å². The first kappa shape index (κ1) is 12.5. The number of hydrogen-bond donors (Lipinski definition) is 1. The van der Waals surface area contributed by atoms with E-state index >= 15 is 0 Å². The molecule has 7 heteroatoms. The fourth-order valence-electron chi connectivity index (χ4n) is 2.01. The lowest BCUT2D eigenvalue weighted by Gasteiger charge is -2.31. The number of nitrogens with one attached hydrogen (secondary N) is 1.